The predicted octanol–water partition coefficient (Wildman–Crippen LogP) is 2.60. The van der Waals surface area contributed by atoms with Crippen molar-refractivity contribution in [2.75, 3.05) is 7.11 Å². The molecule has 1 aromatic carbocycles. The minimum Gasteiger partial charge on any atom is -0.497 e. The van der Waals surface area contributed by atoms with Crippen LogP contribution in [0.3, 0.4) is 0 Å². The molecule has 1 atom stereocenters. The molecule has 2 heteroatoms. The number of rotatable bonds is 3. The summed E-state index contributed by atoms with van der Waals surface area (Å²) in [6, 6.07) is 7.48. The fraction of sp³-hybridized carbons (Fsp3) is 0.400. The lowest BCUT2D eigenvalue weighted by Crippen LogP contribution is -1.98. The average Bonchev–Trinajstić information content (AvgIpc) is 2.03. The van der Waals surface area contributed by atoms with Crippen LogP contribution in [0.25, 0.3) is 0 Å². The molecule has 1 aromatic rings. The molecule has 0 spiro atoms. The third kappa shape index (κ3) is 2.53. The minimum atomic E-state index is -0.794. The van der Waals surface area contributed by atoms with Gasteiger partial charge in [0, 0.05) is 6.42 Å². The van der Waals surface area contributed by atoms with Crippen molar-refractivity contribution in [3.63, 3.8) is 0 Å². The van der Waals surface area contributed by atoms with Gasteiger partial charge in [0.05, 0.1) is 7.11 Å². The van der Waals surface area contributed by atoms with E-state index >= 15 is 0 Å². The van der Waals surface area contributed by atoms with Gasteiger partial charge in [0.25, 0.3) is 0 Å². The lowest BCUT2D eigenvalue weighted by molar-refractivity contribution is 0.359. The first-order valence-corrected chi connectivity index (χ1v) is 3.99. The summed E-state index contributed by atoms with van der Waals surface area (Å²) in [5.74, 6) is 0.785. The van der Waals surface area contributed by atoms with Gasteiger partial charge in [-0.3, -0.25) is 0 Å². The van der Waals surface area contributed by atoms with Crippen molar-refractivity contribution in [3.05, 3.63) is 29.8 Å². The van der Waals surface area contributed by atoms with Gasteiger partial charge in [-0.25, -0.2) is 4.39 Å². The van der Waals surface area contributed by atoms with Crippen molar-refractivity contribution in [2.24, 2.45) is 0 Å². The van der Waals surface area contributed by atoms with Crippen molar-refractivity contribution in [2.45, 2.75) is 19.5 Å². The van der Waals surface area contributed by atoms with Gasteiger partial charge in [-0.1, -0.05) is 12.1 Å². The van der Waals surface area contributed by atoms with Crippen LogP contribution in [-0.4, -0.2) is 13.3 Å². The van der Waals surface area contributed by atoms with Gasteiger partial charge in [0.1, 0.15) is 11.9 Å². The molecule has 0 aromatic heterocycles. The molecular weight excluding hydrogens is 155 g/mol. The molecule has 0 aliphatic rings. The summed E-state index contributed by atoms with van der Waals surface area (Å²) < 4.78 is 17.6. The Morgan fingerprint density at radius 2 is 2.25 bits per heavy atom. The van der Waals surface area contributed by atoms with Crippen LogP contribution in [0.1, 0.15) is 12.5 Å². The zero-order chi connectivity index (χ0) is 8.97. The predicted molar refractivity (Wildman–Crippen MR) is 47.3 cm³/mol. The summed E-state index contributed by atoms with van der Waals surface area (Å²) in [6.07, 6.45) is -0.339. The van der Waals surface area contributed by atoms with Gasteiger partial charge in [-0.05, 0) is 24.6 Å². The van der Waals surface area contributed by atoms with E-state index in [4.69, 9.17) is 4.74 Å². The Bertz CT molecular complexity index is 245. The Hall–Kier alpha value is -1.05. The van der Waals surface area contributed by atoms with Crippen LogP contribution in [0.5, 0.6) is 5.75 Å². The minimum absolute atomic E-state index is 0.456. The Kier molecular flexibility index (Phi) is 3.09. The van der Waals surface area contributed by atoms with Crippen LogP contribution in [0, 0.1) is 0 Å². The molecule has 12 heavy (non-hydrogen) atoms. The fourth-order valence-electron chi connectivity index (χ4n) is 1.12. The Morgan fingerprint density at radius 1 is 1.50 bits per heavy atom. The number of ether oxygens (including phenoxy) is 1. The van der Waals surface area contributed by atoms with E-state index in [1.807, 2.05) is 24.3 Å². The van der Waals surface area contributed by atoms with Crippen LogP contribution in [0.2, 0.25) is 0 Å². The second-order valence-corrected chi connectivity index (χ2v) is 2.84. The first-order chi connectivity index (χ1) is 5.72. The first kappa shape index (κ1) is 9.04. The topological polar surface area (TPSA) is 9.23 Å². The number of benzene rings is 1. The summed E-state index contributed by atoms with van der Waals surface area (Å²) in [5, 5.41) is 0. The summed E-state index contributed by atoms with van der Waals surface area (Å²) in [6.45, 7) is 1.56. The summed E-state index contributed by atoms with van der Waals surface area (Å²) in [5.41, 5.74) is 0.976. The molecular formula is C10H13FO. The van der Waals surface area contributed by atoms with Crippen LogP contribution in [-0.2, 0) is 6.42 Å². The number of halogens is 1. The maximum atomic E-state index is 12.6. The van der Waals surface area contributed by atoms with Crippen molar-refractivity contribution in [1.82, 2.24) is 0 Å². The van der Waals surface area contributed by atoms with E-state index in [2.05, 4.69) is 0 Å². The molecule has 1 unspecified atom stereocenters. The highest BCUT2D eigenvalue weighted by atomic mass is 19.1. The third-order valence-corrected chi connectivity index (χ3v) is 1.65. The molecule has 0 N–H and O–H groups in total. The van der Waals surface area contributed by atoms with Gasteiger partial charge < -0.3 is 4.74 Å². The Labute approximate surface area is 72.2 Å². The summed E-state index contributed by atoms with van der Waals surface area (Å²) in [4.78, 5) is 0. The van der Waals surface area contributed by atoms with Crippen molar-refractivity contribution in [3.8, 4) is 5.75 Å². The number of methoxy groups -OCH3 is 1. The van der Waals surface area contributed by atoms with Crippen LogP contribution in [0.4, 0.5) is 4.39 Å². The van der Waals surface area contributed by atoms with Gasteiger partial charge in [-0.2, -0.15) is 0 Å². The van der Waals surface area contributed by atoms with E-state index in [1.165, 1.54) is 0 Å². The van der Waals surface area contributed by atoms with Crippen molar-refractivity contribution >= 4 is 0 Å². The van der Waals surface area contributed by atoms with E-state index in [0.717, 1.165) is 11.3 Å². The van der Waals surface area contributed by atoms with Gasteiger partial charge in [-0.15, -0.1) is 0 Å². The second-order valence-electron chi connectivity index (χ2n) is 2.84. The van der Waals surface area contributed by atoms with Crippen LogP contribution in [0.15, 0.2) is 24.3 Å². The monoisotopic (exact) mass is 168 g/mol. The third-order valence-electron chi connectivity index (χ3n) is 1.65. The zero-order valence-corrected chi connectivity index (χ0v) is 7.38. The largest absolute Gasteiger partial charge is 0.497 e. The molecule has 0 heterocycles. The van der Waals surface area contributed by atoms with Crippen molar-refractivity contribution < 1.29 is 9.13 Å². The first-order valence-electron chi connectivity index (χ1n) is 3.99. The fourth-order valence-corrected chi connectivity index (χ4v) is 1.12. The molecule has 66 valence electrons. The maximum Gasteiger partial charge on any atom is 0.119 e. The van der Waals surface area contributed by atoms with E-state index in [9.17, 15) is 4.39 Å². The molecule has 0 aliphatic carbocycles. The molecule has 0 bridgehead atoms. The summed E-state index contributed by atoms with van der Waals surface area (Å²) in [7, 11) is 1.61. The van der Waals surface area contributed by atoms with Crippen molar-refractivity contribution in [1.29, 1.82) is 0 Å². The highest BCUT2D eigenvalue weighted by Gasteiger charge is 2.01. The van der Waals surface area contributed by atoms with Gasteiger partial charge >= 0.3 is 0 Å². The molecule has 1 rings (SSSR count). The standard InChI is InChI=1S/C10H13FO/c1-8(11)6-9-4-3-5-10(7-9)12-2/h3-5,7-8H,6H2,1-2H3. The molecule has 1 nitrogen and oxygen atoms in total. The smallest absolute Gasteiger partial charge is 0.119 e. The normalized spacial score (nSPS) is 12.6. The maximum absolute atomic E-state index is 12.6. The highest BCUT2D eigenvalue weighted by molar-refractivity contribution is 5.28. The zero-order valence-electron chi connectivity index (χ0n) is 7.38. The van der Waals surface area contributed by atoms with Crippen LogP contribution >= 0.6 is 0 Å². The Balaban J connectivity index is 2.72. The van der Waals surface area contributed by atoms with E-state index in [-0.39, 0.29) is 0 Å². The molecule has 0 radical (unpaired) electrons. The summed E-state index contributed by atoms with van der Waals surface area (Å²) >= 11 is 0. The molecule has 0 amide bonds. The lowest BCUT2D eigenvalue weighted by atomic mass is 10.1. The van der Waals surface area contributed by atoms with E-state index in [0.29, 0.717) is 6.42 Å². The second kappa shape index (κ2) is 4.10. The number of hydrogen-bond acceptors (Lipinski definition) is 1. The molecule has 0 aliphatic heterocycles. The van der Waals surface area contributed by atoms with E-state index < -0.39 is 6.17 Å². The lowest BCUT2D eigenvalue weighted by Gasteiger charge is -2.04. The number of alkyl halides is 1. The van der Waals surface area contributed by atoms with Crippen LogP contribution < -0.4 is 4.74 Å². The van der Waals surface area contributed by atoms with E-state index in [1.54, 1.807) is 14.0 Å². The average molecular weight is 168 g/mol. The molecule has 0 saturated carbocycles. The quantitative estimate of drug-likeness (QED) is 0.674. The molecule has 0 fully saturated rings. The number of hydrogen-bond donors (Lipinski definition) is 0. The SMILES string of the molecule is COc1cccc(CC(C)F)c1. The molecule has 0 saturated heterocycles. The highest BCUT2D eigenvalue weighted by Crippen LogP contribution is 2.14. The van der Waals surface area contributed by atoms with Gasteiger partial charge in [0.15, 0.2) is 0 Å². The van der Waals surface area contributed by atoms with Gasteiger partial charge in [0.2, 0.25) is 0 Å². The Morgan fingerprint density at radius 3 is 2.83 bits per heavy atom.